The molecule has 0 saturated heterocycles. The minimum Gasteiger partial charge on any atom is -0.355 e. The highest BCUT2D eigenvalue weighted by atomic mass is 32.2. The van der Waals surface area contributed by atoms with Crippen molar-refractivity contribution in [2.24, 2.45) is 0 Å². The Bertz CT molecular complexity index is 1460. The van der Waals surface area contributed by atoms with Crippen molar-refractivity contribution in [2.75, 3.05) is 23.7 Å². The van der Waals surface area contributed by atoms with Crippen molar-refractivity contribution in [3.05, 3.63) is 102 Å². The Labute approximate surface area is 223 Å². The Morgan fingerprint density at radius 1 is 1.03 bits per heavy atom. The number of hydrogen-bond donors (Lipinski definition) is 1. The van der Waals surface area contributed by atoms with Gasteiger partial charge in [0.1, 0.15) is 24.0 Å². The maximum Gasteiger partial charge on any atom is 0.240 e. The summed E-state index contributed by atoms with van der Waals surface area (Å²) in [5.74, 6) is -0.878. The van der Waals surface area contributed by atoms with Gasteiger partial charge in [0.05, 0.1) is 22.4 Å². The summed E-state index contributed by atoms with van der Waals surface area (Å²) in [5, 5.41) is 7.31. The van der Waals surface area contributed by atoms with Gasteiger partial charge in [-0.1, -0.05) is 49.4 Å². The van der Waals surface area contributed by atoms with Gasteiger partial charge < -0.3 is 5.32 Å². The molecule has 4 aromatic rings. The molecule has 0 unspecified atom stereocenters. The fourth-order valence-electron chi connectivity index (χ4n) is 4.49. The zero-order chi connectivity index (χ0) is 26.6. The van der Waals surface area contributed by atoms with Crippen LogP contribution in [0.3, 0.4) is 0 Å². The molecule has 1 aliphatic rings. The van der Waals surface area contributed by atoms with Gasteiger partial charge >= 0.3 is 0 Å². The molecule has 2 heterocycles. The standard InChI is InChI=1S/C29H26F2N4O2S/c1-2-15-32-24(36)17-34-25(37)18-38-28(20-9-6-10-22(31)16-20)26-27(19-7-4-3-5-8-19)33-35(29(26)34)23-13-11-21(30)12-14-23/h3-14,16,28H,2,15,17-18H2,1H3,(H,32,36)/t28-/m1/s1. The highest BCUT2D eigenvalue weighted by Gasteiger charge is 2.37. The van der Waals surface area contributed by atoms with Crippen LogP contribution in [0.15, 0.2) is 78.9 Å². The molecule has 1 aliphatic heterocycles. The van der Waals surface area contributed by atoms with E-state index in [-0.39, 0.29) is 29.9 Å². The number of fused-ring (bicyclic) bond motifs is 1. The number of thioether (sulfide) groups is 1. The molecular formula is C29H26F2N4O2S. The van der Waals surface area contributed by atoms with Gasteiger partial charge in [0.25, 0.3) is 0 Å². The quantitative estimate of drug-likeness (QED) is 0.341. The molecule has 1 aromatic heterocycles. The Kier molecular flexibility index (Phi) is 7.55. The average molecular weight is 533 g/mol. The van der Waals surface area contributed by atoms with Crippen LogP contribution < -0.4 is 10.2 Å². The fourth-order valence-corrected chi connectivity index (χ4v) is 5.68. The summed E-state index contributed by atoms with van der Waals surface area (Å²) in [6.07, 6.45) is 0.758. The van der Waals surface area contributed by atoms with Gasteiger partial charge in [-0.15, -0.1) is 11.8 Å². The first-order chi connectivity index (χ1) is 18.5. The number of nitrogens with zero attached hydrogens (tertiary/aromatic N) is 3. The molecule has 5 rings (SSSR count). The minimum atomic E-state index is -0.447. The monoisotopic (exact) mass is 532 g/mol. The van der Waals surface area contributed by atoms with Crippen LogP contribution in [0.2, 0.25) is 0 Å². The van der Waals surface area contributed by atoms with Gasteiger partial charge in [0.2, 0.25) is 11.8 Å². The summed E-state index contributed by atoms with van der Waals surface area (Å²) in [4.78, 5) is 27.9. The first-order valence-corrected chi connectivity index (χ1v) is 13.4. The summed E-state index contributed by atoms with van der Waals surface area (Å²) in [6, 6.07) is 21.6. The van der Waals surface area contributed by atoms with Crippen molar-refractivity contribution < 1.29 is 18.4 Å². The molecule has 0 radical (unpaired) electrons. The van der Waals surface area contributed by atoms with Gasteiger partial charge in [-0.05, 0) is 48.4 Å². The highest BCUT2D eigenvalue weighted by molar-refractivity contribution is 8.00. The van der Waals surface area contributed by atoms with Crippen LogP contribution in [0.5, 0.6) is 0 Å². The van der Waals surface area contributed by atoms with Gasteiger partial charge in [-0.2, -0.15) is 5.10 Å². The van der Waals surface area contributed by atoms with Gasteiger partial charge in [0, 0.05) is 17.7 Å². The lowest BCUT2D eigenvalue weighted by Gasteiger charge is -2.23. The molecule has 194 valence electrons. The molecule has 0 bridgehead atoms. The van der Waals surface area contributed by atoms with Crippen molar-refractivity contribution in [3.63, 3.8) is 0 Å². The fraction of sp³-hybridized carbons (Fsp3) is 0.207. The van der Waals surface area contributed by atoms with Gasteiger partial charge in [-0.25, -0.2) is 13.5 Å². The summed E-state index contributed by atoms with van der Waals surface area (Å²) in [7, 11) is 0. The van der Waals surface area contributed by atoms with Crippen molar-refractivity contribution in [1.82, 2.24) is 15.1 Å². The Morgan fingerprint density at radius 3 is 2.50 bits per heavy atom. The van der Waals surface area contributed by atoms with E-state index in [4.69, 9.17) is 5.10 Å². The normalized spacial score (nSPS) is 15.2. The number of carbonyl (C=O) groups excluding carboxylic acids is 2. The molecule has 0 aliphatic carbocycles. The van der Waals surface area contributed by atoms with Gasteiger partial charge in [0.15, 0.2) is 0 Å². The molecule has 9 heteroatoms. The van der Waals surface area contributed by atoms with E-state index >= 15 is 0 Å². The number of aromatic nitrogens is 2. The van der Waals surface area contributed by atoms with Crippen molar-refractivity contribution >= 4 is 29.4 Å². The predicted molar refractivity (Wildman–Crippen MR) is 145 cm³/mol. The molecular weight excluding hydrogens is 506 g/mol. The lowest BCUT2D eigenvalue weighted by atomic mass is 9.99. The van der Waals surface area contributed by atoms with E-state index in [1.807, 2.05) is 43.3 Å². The summed E-state index contributed by atoms with van der Waals surface area (Å²) in [6.45, 7) is 2.23. The van der Waals surface area contributed by atoms with E-state index in [2.05, 4.69) is 5.32 Å². The Balaban J connectivity index is 1.78. The number of nitrogens with one attached hydrogen (secondary N) is 1. The van der Waals surface area contributed by atoms with Crippen LogP contribution in [0.1, 0.15) is 29.7 Å². The number of amides is 2. The van der Waals surface area contributed by atoms with Crippen LogP contribution in [-0.2, 0) is 9.59 Å². The van der Waals surface area contributed by atoms with E-state index in [0.717, 1.165) is 12.0 Å². The van der Waals surface area contributed by atoms with E-state index in [1.54, 1.807) is 22.9 Å². The molecule has 0 spiro atoms. The molecule has 0 saturated carbocycles. The van der Waals surface area contributed by atoms with Crippen molar-refractivity contribution in [1.29, 1.82) is 0 Å². The van der Waals surface area contributed by atoms with E-state index in [0.29, 0.717) is 34.9 Å². The number of carbonyl (C=O) groups is 2. The number of rotatable bonds is 7. The number of halogens is 2. The topological polar surface area (TPSA) is 67.2 Å². The largest absolute Gasteiger partial charge is 0.355 e. The lowest BCUT2D eigenvalue weighted by Crippen LogP contribution is -2.42. The number of benzene rings is 3. The number of hydrogen-bond acceptors (Lipinski definition) is 4. The second-order valence-electron chi connectivity index (χ2n) is 8.92. The van der Waals surface area contributed by atoms with Crippen LogP contribution >= 0.6 is 11.8 Å². The smallest absolute Gasteiger partial charge is 0.240 e. The molecule has 2 amide bonds. The first-order valence-electron chi connectivity index (χ1n) is 12.3. The third-order valence-corrected chi connectivity index (χ3v) is 7.49. The maximum atomic E-state index is 14.4. The zero-order valence-electron chi connectivity index (χ0n) is 20.7. The van der Waals surface area contributed by atoms with E-state index in [1.165, 1.54) is 40.9 Å². The Hall–Kier alpha value is -3.98. The zero-order valence-corrected chi connectivity index (χ0v) is 21.6. The maximum absolute atomic E-state index is 14.4. The molecule has 38 heavy (non-hydrogen) atoms. The molecule has 0 fully saturated rings. The second-order valence-corrected chi connectivity index (χ2v) is 10.0. The van der Waals surface area contributed by atoms with Crippen LogP contribution in [0.25, 0.3) is 16.9 Å². The summed E-state index contributed by atoms with van der Waals surface area (Å²) < 4.78 is 29.8. The highest BCUT2D eigenvalue weighted by Crippen LogP contribution is 2.48. The molecule has 3 aromatic carbocycles. The van der Waals surface area contributed by atoms with Crippen LogP contribution in [-0.4, -0.2) is 40.4 Å². The third-order valence-electron chi connectivity index (χ3n) is 6.23. The van der Waals surface area contributed by atoms with Crippen LogP contribution in [0, 0.1) is 11.6 Å². The van der Waals surface area contributed by atoms with Crippen LogP contribution in [0.4, 0.5) is 14.6 Å². The van der Waals surface area contributed by atoms with E-state index in [9.17, 15) is 18.4 Å². The average Bonchev–Trinajstić information content (AvgIpc) is 3.25. The molecule has 6 nitrogen and oxygen atoms in total. The summed E-state index contributed by atoms with van der Waals surface area (Å²) >= 11 is 1.36. The van der Waals surface area contributed by atoms with E-state index < -0.39 is 11.1 Å². The SMILES string of the molecule is CCCNC(=O)CN1C(=O)CS[C@H](c2cccc(F)c2)c2c(-c3ccccc3)nn(-c3ccc(F)cc3)c21. The number of anilines is 1. The molecule has 1 atom stereocenters. The second kappa shape index (κ2) is 11.2. The first kappa shape index (κ1) is 25.7. The minimum absolute atomic E-state index is 0.0779. The lowest BCUT2D eigenvalue weighted by molar-refractivity contribution is -0.122. The molecule has 1 N–H and O–H groups in total. The Morgan fingerprint density at radius 2 is 1.79 bits per heavy atom. The summed E-state index contributed by atoms with van der Waals surface area (Å²) in [5.41, 5.74) is 3.29. The predicted octanol–water partition coefficient (Wildman–Crippen LogP) is 5.51. The van der Waals surface area contributed by atoms with Crippen molar-refractivity contribution in [3.8, 4) is 16.9 Å². The van der Waals surface area contributed by atoms with Crippen molar-refractivity contribution in [2.45, 2.75) is 18.6 Å². The third kappa shape index (κ3) is 5.19. The van der Waals surface area contributed by atoms with Gasteiger partial charge in [-0.3, -0.25) is 14.5 Å².